The van der Waals surface area contributed by atoms with Crippen molar-refractivity contribution in [3.05, 3.63) is 23.8 Å². The van der Waals surface area contributed by atoms with E-state index in [1.807, 2.05) is 25.1 Å². The van der Waals surface area contributed by atoms with Crippen LogP contribution in [0.3, 0.4) is 0 Å². The molecule has 1 amide bonds. The van der Waals surface area contributed by atoms with Gasteiger partial charge in [-0.2, -0.15) is 0 Å². The molecule has 0 aliphatic heterocycles. The van der Waals surface area contributed by atoms with Gasteiger partial charge in [-0.3, -0.25) is 4.79 Å². The molecule has 23 heavy (non-hydrogen) atoms. The molecule has 6 heteroatoms. The first kappa shape index (κ1) is 19.6. The molecule has 1 saturated carbocycles. The second kappa shape index (κ2) is 9.63. The number of carbonyl (C=O) groups is 1. The van der Waals surface area contributed by atoms with Gasteiger partial charge in [0, 0.05) is 13.0 Å². The van der Waals surface area contributed by atoms with Crippen molar-refractivity contribution in [1.82, 2.24) is 5.32 Å². The Morgan fingerprint density at radius 1 is 1.35 bits per heavy atom. The number of benzene rings is 1. The molecule has 1 aliphatic carbocycles. The number of halogens is 1. The second-order valence-electron chi connectivity index (χ2n) is 5.76. The smallest absolute Gasteiger partial charge is 0.221 e. The van der Waals surface area contributed by atoms with E-state index in [9.17, 15) is 4.79 Å². The van der Waals surface area contributed by atoms with Gasteiger partial charge in [0.2, 0.25) is 5.91 Å². The van der Waals surface area contributed by atoms with Crippen LogP contribution in [0.15, 0.2) is 18.2 Å². The highest BCUT2D eigenvalue weighted by Crippen LogP contribution is 2.33. The van der Waals surface area contributed by atoms with Crippen LogP contribution in [0.5, 0.6) is 11.5 Å². The van der Waals surface area contributed by atoms with Gasteiger partial charge in [-0.1, -0.05) is 6.07 Å². The van der Waals surface area contributed by atoms with Crippen LogP contribution in [-0.2, 0) is 4.79 Å². The molecule has 0 spiro atoms. The third-order valence-electron chi connectivity index (χ3n) is 4.03. The Morgan fingerprint density at radius 2 is 2.04 bits per heavy atom. The van der Waals surface area contributed by atoms with E-state index in [0.29, 0.717) is 24.8 Å². The zero-order chi connectivity index (χ0) is 15.9. The first-order valence-electron chi connectivity index (χ1n) is 7.98. The van der Waals surface area contributed by atoms with E-state index in [1.165, 1.54) is 12.8 Å². The number of methoxy groups -OCH3 is 1. The van der Waals surface area contributed by atoms with Gasteiger partial charge >= 0.3 is 0 Å². The second-order valence-corrected chi connectivity index (χ2v) is 5.76. The maximum absolute atomic E-state index is 11.6. The lowest BCUT2D eigenvalue weighted by atomic mass is 10.1. The van der Waals surface area contributed by atoms with Crippen LogP contribution in [0.4, 0.5) is 0 Å². The molecule has 1 aliphatic rings. The third-order valence-corrected chi connectivity index (χ3v) is 4.03. The summed E-state index contributed by atoms with van der Waals surface area (Å²) in [5, 5.41) is 2.93. The summed E-state index contributed by atoms with van der Waals surface area (Å²) < 4.78 is 11.5. The van der Waals surface area contributed by atoms with Crippen molar-refractivity contribution in [2.75, 3.05) is 13.7 Å². The van der Waals surface area contributed by atoms with Gasteiger partial charge < -0.3 is 20.5 Å². The van der Waals surface area contributed by atoms with Gasteiger partial charge in [0.1, 0.15) is 0 Å². The number of carbonyl (C=O) groups excluding carboxylic acids is 1. The minimum Gasteiger partial charge on any atom is -0.493 e. The summed E-state index contributed by atoms with van der Waals surface area (Å²) in [6.07, 6.45) is 5.31. The minimum atomic E-state index is -0.0894. The maximum Gasteiger partial charge on any atom is 0.221 e. The van der Waals surface area contributed by atoms with E-state index >= 15 is 0 Å². The lowest BCUT2D eigenvalue weighted by molar-refractivity contribution is -0.121. The van der Waals surface area contributed by atoms with E-state index in [2.05, 4.69) is 5.32 Å². The summed E-state index contributed by atoms with van der Waals surface area (Å²) in [5.74, 6) is 1.45. The normalized spacial score (nSPS) is 15.6. The van der Waals surface area contributed by atoms with Gasteiger partial charge in [0.05, 0.1) is 19.3 Å². The fourth-order valence-electron chi connectivity index (χ4n) is 2.76. The van der Waals surface area contributed by atoms with E-state index < -0.39 is 0 Å². The molecule has 1 aromatic rings. The Bertz CT molecular complexity index is 505. The van der Waals surface area contributed by atoms with Crippen molar-refractivity contribution in [3.63, 3.8) is 0 Å². The molecule has 130 valence electrons. The first-order chi connectivity index (χ1) is 10.6. The number of amides is 1. The van der Waals surface area contributed by atoms with Crippen molar-refractivity contribution >= 4 is 18.3 Å². The van der Waals surface area contributed by atoms with Crippen molar-refractivity contribution in [3.8, 4) is 11.5 Å². The third kappa shape index (κ3) is 5.59. The summed E-state index contributed by atoms with van der Waals surface area (Å²) in [6, 6.07) is 5.74. The van der Waals surface area contributed by atoms with Crippen molar-refractivity contribution in [2.45, 2.75) is 51.2 Å². The monoisotopic (exact) mass is 342 g/mol. The highest BCUT2D eigenvalue weighted by atomic mass is 35.5. The predicted molar refractivity (Wildman–Crippen MR) is 93.4 cm³/mol. The average molecular weight is 343 g/mol. The molecule has 5 nitrogen and oxygen atoms in total. The Kier molecular flexibility index (Phi) is 8.20. The van der Waals surface area contributed by atoms with Crippen molar-refractivity contribution in [1.29, 1.82) is 0 Å². The zero-order valence-electron chi connectivity index (χ0n) is 13.8. The van der Waals surface area contributed by atoms with Gasteiger partial charge in [-0.05, 0) is 50.3 Å². The number of nitrogens with two attached hydrogens (primary N) is 1. The summed E-state index contributed by atoms with van der Waals surface area (Å²) in [4.78, 5) is 11.6. The standard InChI is InChI=1S/C17H26N2O3.ClH/c1-12(19-17(20)9-10-18)13-7-8-15(16(11-13)21-2)22-14-5-3-4-6-14;/h7-8,11-12,14H,3-6,9-10,18H2,1-2H3,(H,19,20);1H. The predicted octanol–water partition coefficient (Wildman–Crippen LogP) is 2.96. The molecular weight excluding hydrogens is 316 g/mol. The average Bonchev–Trinajstić information content (AvgIpc) is 3.00. The van der Waals surface area contributed by atoms with E-state index in [1.54, 1.807) is 7.11 Å². The molecular formula is C17H27ClN2O3. The minimum absolute atomic E-state index is 0. The molecule has 0 aromatic heterocycles. The van der Waals surface area contributed by atoms with Crippen LogP contribution in [0.25, 0.3) is 0 Å². The molecule has 0 bridgehead atoms. The number of nitrogens with one attached hydrogen (secondary N) is 1. The van der Waals surface area contributed by atoms with Crippen LogP contribution in [0.2, 0.25) is 0 Å². The SMILES string of the molecule is COc1cc(C(C)NC(=O)CCN)ccc1OC1CCCC1.Cl. The van der Waals surface area contributed by atoms with Crippen LogP contribution in [0, 0.1) is 0 Å². The topological polar surface area (TPSA) is 73.6 Å². The van der Waals surface area contributed by atoms with Crippen LogP contribution < -0.4 is 20.5 Å². The van der Waals surface area contributed by atoms with Gasteiger partial charge in [-0.25, -0.2) is 0 Å². The van der Waals surface area contributed by atoms with Gasteiger partial charge in [0.15, 0.2) is 11.5 Å². The number of rotatable bonds is 7. The Labute approximate surface area is 144 Å². The van der Waals surface area contributed by atoms with E-state index in [0.717, 1.165) is 24.2 Å². The summed E-state index contributed by atoms with van der Waals surface area (Å²) in [7, 11) is 1.64. The summed E-state index contributed by atoms with van der Waals surface area (Å²) >= 11 is 0. The largest absolute Gasteiger partial charge is 0.493 e. The van der Waals surface area contributed by atoms with E-state index in [-0.39, 0.29) is 24.4 Å². The summed E-state index contributed by atoms with van der Waals surface area (Å²) in [6.45, 7) is 2.30. The van der Waals surface area contributed by atoms with Crippen LogP contribution in [-0.4, -0.2) is 25.7 Å². The van der Waals surface area contributed by atoms with Gasteiger partial charge in [0.25, 0.3) is 0 Å². The fraction of sp³-hybridized carbons (Fsp3) is 0.588. The molecule has 1 unspecified atom stereocenters. The molecule has 2 rings (SSSR count). The highest BCUT2D eigenvalue weighted by Gasteiger charge is 2.19. The van der Waals surface area contributed by atoms with Crippen LogP contribution >= 0.6 is 12.4 Å². The lowest BCUT2D eigenvalue weighted by Crippen LogP contribution is -2.28. The lowest BCUT2D eigenvalue weighted by Gasteiger charge is -2.19. The molecule has 0 heterocycles. The molecule has 0 saturated heterocycles. The first-order valence-corrected chi connectivity index (χ1v) is 7.98. The Hall–Kier alpha value is -1.46. The zero-order valence-corrected chi connectivity index (χ0v) is 14.7. The summed E-state index contributed by atoms with van der Waals surface area (Å²) in [5.41, 5.74) is 6.38. The van der Waals surface area contributed by atoms with Crippen LogP contribution in [0.1, 0.15) is 50.6 Å². The molecule has 1 fully saturated rings. The molecule has 1 atom stereocenters. The quantitative estimate of drug-likeness (QED) is 0.799. The number of hydrogen-bond acceptors (Lipinski definition) is 4. The van der Waals surface area contributed by atoms with Crippen molar-refractivity contribution < 1.29 is 14.3 Å². The highest BCUT2D eigenvalue weighted by molar-refractivity contribution is 5.85. The van der Waals surface area contributed by atoms with Crippen molar-refractivity contribution in [2.24, 2.45) is 5.73 Å². The molecule has 0 radical (unpaired) electrons. The number of hydrogen-bond donors (Lipinski definition) is 2. The van der Waals surface area contributed by atoms with Gasteiger partial charge in [-0.15, -0.1) is 12.4 Å². The Balaban J connectivity index is 0.00000264. The van der Waals surface area contributed by atoms with E-state index in [4.69, 9.17) is 15.2 Å². The Morgan fingerprint density at radius 3 is 2.65 bits per heavy atom. The molecule has 1 aromatic carbocycles. The fourth-order valence-corrected chi connectivity index (χ4v) is 2.76. The number of ether oxygens (including phenoxy) is 2. The maximum atomic E-state index is 11.6. The molecule has 3 N–H and O–H groups in total.